The fraction of sp³-hybridized carbons (Fsp3) is 0.438. The van der Waals surface area contributed by atoms with E-state index in [0.29, 0.717) is 36.4 Å². The largest absolute Gasteiger partial charge is 0.490 e. The van der Waals surface area contributed by atoms with Crippen molar-refractivity contribution in [1.82, 2.24) is 20.8 Å². The molecule has 26 heavy (non-hydrogen) atoms. The molecule has 1 aromatic heterocycles. The van der Waals surface area contributed by atoms with Crippen LogP contribution in [0.4, 0.5) is 8.78 Å². The van der Waals surface area contributed by atoms with E-state index in [2.05, 4.69) is 30.5 Å². The molecule has 2 aromatic rings. The number of alkyl halides is 2. The summed E-state index contributed by atoms with van der Waals surface area (Å²) in [6, 6.07) is 4.96. The Morgan fingerprint density at radius 3 is 2.69 bits per heavy atom. The van der Waals surface area contributed by atoms with E-state index in [-0.39, 0.29) is 18.0 Å². The van der Waals surface area contributed by atoms with Gasteiger partial charge in [-0.05, 0) is 13.0 Å². The number of ether oxygens (including phenoxy) is 2. The van der Waals surface area contributed by atoms with Gasteiger partial charge in [-0.2, -0.15) is 13.8 Å². The van der Waals surface area contributed by atoms with Crippen molar-refractivity contribution in [2.24, 2.45) is 4.99 Å². The molecule has 0 saturated heterocycles. The van der Waals surface area contributed by atoms with E-state index in [0.717, 1.165) is 0 Å². The number of benzene rings is 1. The van der Waals surface area contributed by atoms with Crippen LogP contribution < -0.4 is 20.1 Å². The maximum atomic E-state index is 12.7. The second-order valence-electron chi connectivity index (χ2n) is 5.06. The van der Waals surface area contributed by atoms with Gasteiger partial charge < -0.3 is 24.6 Å². The fourth-order valence-corrected chi connectivity index (χ4v) is 2.17. The van der Waals surface area contributed by atoms with Crippen LogP contribution in [0.15, 0.2) is 27.7 Å². The lowest BCUT2D eigenvalue weighted by Crippen LogP contribution is -2.36. The van der Waals surface area contributed by atoms with Crippen LogP contribution in [0.5, 0.6) is 11.5 Å². The molecule has 0 aliphatic heterocycles. The first kappa shape index (κ1) is 19.4. The van der Waals surface area contributed by atoms with Crippen LogP contribution in [0.1, 0.15) is 24.2 Å². The van der Waals surface area contributed by atoms with Gasteiger partial charge in [-0.1, -0.05) is 17.3 Å². The highest BCUT2D eigenvalue weighted by atomic mass is 19.3. The minimum absolute atomic E-state index is 0.00101. The number of nitrogens with zero attached hydrogens (tertiary/aromatic N) is 3. The Balaban J connectivity index is 2.02. The molecule has 8 nitrogen and oxygen atoms in total. The quantitative estimate of drug-likeness (QED) is 0.544. The van der Waals surface area contributed by atoms with Crippen molar-refractivity contribution in [2.75, 3.05) is 13.7 Å². The van der Waals surface area contributed by atoms with Crippen LogP contribution in [0.2, 0.25) is 0 Å². The number of hydrogen-bond donors (Lipinski definition) is 2. The molecule has 0 fully saturated rings. The monoisotopic (exact) mass is 369 g/mol. The molecule has 10 heteroatoms. The Morgan fingerprint density at radius 2 is 2.08 bits per heavy atom. The lowest BCUT2D eigenvalue weighted by atomic mass is 10.2. The van der Waals surface area contributed by atoms with Crippen molar-refractivity contribution in [1.29, 1.82) is 0 Å². The van der Waals surface area contributed by atoms with Crippen molar-refractivity contribution in [3.63, 3.8) is 0 Å². The summed E-state index contributed by atoms with van der Waals surface area (Å²) in [5, 5.41) is 9.79. The molecule has 0 unspecified atom stereocenters. The van der Waals surface area contributed by atoms with Crippen LogP contribution in [-0.4, -0.2) is 36.4 Å². The SMILES string of the molecule is CCOc1cccc(CNC(=NC)NCc2noc(C)n2)c1OC(F)F. The van der Waals surface area contributed by atoms with Gasteiger partial charge in [0, 0.05) is 26.1 Å². The molecule has 0 saturated carbocycles. The zero-order valence-electron chi connectivity index (χ0n) is 14.8. The number of halogens is 2. The van der Waals surface area contributed by atoms with Gasteiger partial charge in [0.05, 0.1) is 13.2 Å². The summed E-state index contributed by atoms with van der Waals surface area (Å²) in [5.74, 6) is 1.65. The average molecular weight is 369 g/mol. The molecule has 2 rings (SSSR count). The van der Waals surface area contributed by atoms with E-state index in [1.54, 1.807) is 39.1 Å². The number of aromatic nitrogens is 2. The van der Waals surface area contributed by atoms with E-state index in [1.807, 2.05) is 0 Å². The van der Waals surface area contributed by atoms with Gasteiger partial charge in [-0.25, -0.2) is 0 Å². The Kier molecular flexibility index (Phi) is 7.12. The molecule has 142 valence electrons. The summed E-state index contributed by atoms with van der Waals surface area (Å²) < 4.78 is 40.4. The van der Waals surface area contributed by atoms with Gasteiger partial charge in [0.2, 0.25) is 5.89 Å². The lowest BCUT2D eigenvalue weighted by molar-refractivity contribution is -0.0520. The molecular formula is C16H21F2N5O3. The lowest BCUT2D eigenvalue weighted by Gasteiger charge is -2.17. The van der Waals surface area contributed by atoms with E-state index in [1.165, 1.54) is 0 Å². The minimum Gasteiger partial charge on any atom is -0.490 e. The molecule has 2 N–H and O–H groups in total. The predicted molar refractivity (Wildman–Crippen MR) is 90.3 cm³/mol. The van der Waals surface area contributed by atoms with E-state index in [9.17, 15) is 8.78 Å². The van der Waals surface area contributed by atoms with Gasteiger partial charge in [0.1, 0.15) is 0 Å². The first-order valence-corrected chi connectivity index (χ1v) is 7.96. The smallest absolute Gasteiger partial charge is 0.387 e. The highest BCUT2D eigenvalue weighted by Crippen LogP contribution is 2.32. The molecule has 0 radical (unpaired) electrons. The number of aliphatic imine (C=N–C) groups is 1. The standard InChI is InChI=1S/C16H21F2N5O3/c1-4-24-12-7-5-6-11(14(12)25-15(17)18)8-20-16(19-3)21-9-13-22-10(2)26-23-13/h5-7,15H,4,8-9H2,1-3H3,(H2,19,20,21). The third kappa shape index (κ3) is 5.57. The van der Waals surface area contributed by atoms with Gasteiger partial charge in [-0.15, -0.1) is 0 Å². The minimum atomic E-state index is -2.95. The molecule has 1 heterocycles. The number of rotatable bonds is 8. The normalized spacial score (nSPS) is 11.5. The Morgan fingerprint density at radius 1 is 1.31 bits per heavy atom. The van der Waals surface area contributed by atoms with Crippen molar-refractivity contribution in [3.05, 3.63) is 35.5 Å². The van der Waals surface area contributed by atoms with Crippen LogP contribution in [0, 0.1) is 6.92 Å². The summed E-state index contributed by atoms with van der Waals surface area (Å²) in [7, 11) is 1.59. The van der Waals surface area contributed by atoms with Gasteiger partial charge in [-0.3, -0.25) is 4.99 Å². The molecule has 0 bridgehead atoms. The Labute approximate surface area is 149 Å². The van der Waals surface area contributed by atoms with Crippen molar-refractivity contribution in [3.8, 4) is 11.5 Å². The summed E-state index contributed by atoms with van der Waals surface area (Å²) in [6.45, 7) is 1.35. The topological polar surface area (TPSA) is 93.8 Å². The zero-order valence-corrected chi connectivity index (χ0v) is 14.8. The van der Waals surface area contributed by atoms with Gasteiger partial charge >= 0.3 is 6.61 Å². The second kappa shape index (κ2) is 9.54. The predicted octanol–water partition coefficient (Wildman–Crippen LogP) is 2.24. The van der Waals surface area contributed by atoms with Crippen molar-refractivity contribution in [2.45, 2.75) is 33.5 Å². The highest BCUT2D eigenvalue weighted by Gasteiger charge is 2.16. The molecular weight excluding hydrogens is 348 g/mol. The third-order valence-electron chi connectivity index (χ3n) is 3.22. The number of guanidine groups is 1. The van der Waals surface area contributed by atoms with Gasteiger partial charge in [0.15, 0.2) is 23.3 Å². The van der Waals surface area contributed by atoms with Crippen molar-refractivity contribution < 1.29 is 22.8 Å². The van der Waals surface area contributed by atoms with Crippen molar-refractivity contribution >= 4 is 5.96 Å². The average Bonchev–Trinajstić information content (AvgIpc) is 3.02. The number of hydrogen-bond acceptors (Lipinski definition) is 6. The van der Waals surface area contributed by atoms with E-state index < -0.39 is 6.61 Å². The second-order valence-corrected chi connectivity index (χ2v) is 5.06. The number of nitrogens with one attached hydrogen (secondary N) is 2. The van der Waals surface area contributed by atoms with E-state index >= 15 is 0 Å². The Bertz CT molecular complexity index is 736. The maximum absolute atomic E-state index is 12.7. The summed E-state index contributed by atoms with van der Waals surface area (Å²) in [4.78, 5) is 8.13. The third-order valence-corrected chi connectivity index (χ3v) is 3.22. The Hall–Kier alpha value is -2.91. The van der Waals surface area contributed by atoms with Crippen LogP contribution >= 0.6 is 0 Å². The zero-order chi connectivity index (χ0) is 18.9. The highest BCUT2D eigenvalue weighted by molar-refractivity contribution is 5.79. The molecule has 0 aliphatic carbocycles. The number of aryl methyl sites for hydroxylation is 1. The van der Waals surface area contributed by atoms with Crippen LogP contribution in [0.25, 0.3) is 0 Å². The molecule has 0 aliphatic rings. The van der Waals surface area contributed by atoms with Crippen LogP contribution in [-0.2, 0) is 13.1 Å². The summed E-state index contributed by atoms with van der Waals surface area (Å²) in [5.41, 5.74) is 0.509. The molecule has 0 amide bonds. The fourth-order valence-electron chi connectivity index (χ4n) is 2.17. The maximum Gasteiger partial charge on any atom is 0.387 e. The van der Waals surface area contributed by atoms with Crippen LogP contribution in [0.3, 0.4) is 0 Å². The molecule has 0 spiro atoms. The molecule has 1 aromatic carbocycles. The first-order valence-electron chi connectivity index (χ1n) is 7.96. The summed E-state index contributed by atoms with van der Waals surface area (Å²) >= 11 is 0. The first-order chi connectivity index (χ1) is 12.5. The van der Waals surface area contributed by atoms with E-state index in [4.69, 9.17) is 9.26 Å². The van der Waals surface area contributed by atoms with Gasteiger partial charge in [0.25, 0.3) is 0 Å². The number of para-hydroxylation sites is 1. The summed E-state index contributed by atoms with van der Waals surface area (Å²) in [6.07, 6.45) is 0. The molecule has 0 atom stereocenters.